The Morgan fingerprint density at radius 2 is 2.11 bits per heavy atom. The Morgan fingerprint density at radius 3 is 2.75 bits per heavy atom. The van der Waals surface area contributed by atoms with Gasteiger partial charge < -0.3 is 15.2 Å². The molecule has 2 aliphatic rings. The van der Waals surface area contributed by atoms with Crippen molar-refractivity contribution in [2.75, 3.05) is 13.2 Å². The zero-order chi connectivity index (χ0) is 19.8. The molecular weight excluding hydrogens is 360 g/mol. The average Bonchev–Trinajstić information content (AvgIpc) is 3.37. The van der Waals surface area contributed by atoms with Crippen LogP contribution in [0.15, 0.2) is 16.6 Å². The Hall–Kier alpha value is -2.61. The highest BCUT2D eigenvalue weighted by atomic mass is 16.5. The standard InChI is InChI=1S/C20H26N4O4/c1-12(2)11-23-18-14(9-13-5-7-28-8-6-13)10-21-24(18)20(27)16(19(23)26)17(25)22-15-3-4-15/h9-10,12,15,26H,3-8,11H2,1-2H3,(H,22,25). The first kappa shape index (κ1) is 18.7. The van der Waals surface area contributed by atoms with Gasteiger partial charge in [0.2, 0.25) is 5.88 Å². The maximum Gasteiger partial charge on any atom is 0.291 e. The van der Waals surface area contributed by atoms with E-state index >= 15 is 0 Å². The van der Waals surface area contributed by atoms with E-state index < -0.39 is 11.5 Å². The highest BCUT2D eigenvalue weighted by molar-refractivity contribution is 5.96. The third kappa shape index (κ3) is 3.56. The number of fused-ring (bicyclic) bond motifs is 1. The fraction of sp³-hybridized carbons (Fsp3) is 0.550. The largest absolute Gasteiger partial charge is 0.494 e. The molecule has 1 amide bonds. The van der Waals surface area contributed by atoms with Crippen LogP contribution in [0.25, 0.3) is 11.7 Å². The van der Waals surface area contributed by atoms with Crippen molar-refractivity contribution in [3.8, 4) is 5.88 Å². The lowest BCUT2D eigenvalue weighted by Gasteiger charge is -2.18. The molecule has 1 saturated heterocycles. The van der Waals surface area contributed by atoms with Gasteiger partial charge in [-0.1, -0.05) is 25.5 Å². The summed E-state index contributed by atoms with van der Waals surface area (Å²) in [5.74, 6) is -0.629. The SMILES string of the molecule is CC(C)Cn1c(O)c(C(=O)NC2CC2)c(=O)n2ncc(C=C3CCOCC3)c12. The molecular formula is C20H26N4O4. The average molecular weight is 386 g/mol. The number of nitrogens with zero attached hydrogens (tertiary/aromatic N) is 3. The van der Waals surface area contributed by atoms with Crippen molar-refractivity contribution >= 4 is 17.6 Å². The van der Waals surface area contributed by atoms with E-state index in [0.717, 1.165) is 31.2 Å². The van der Waals surface area contributed by atoms with Crippen LogP contribution in [0.4, 0.5) is 0 Å². The molecule has 1 aliphatic carbocycles. The van der Waals surface area contributed by atoms with Crippen LogP contribution in [0.5, 0.6) is 5.88 Å². The summed E-state index contributed by atoms with van der Waals surface area (Å²) in [6.45, 7) is 5.86. The summed E-state index contributed by atoms with van der Waals surface area (Å²) in [6, 6.07) is 0.0898. The van der Waals surface area contributed by atoms with Crippen LogP contribution in [0.2, 0.25) is 0 Å². The Bertz CT molecular complexity index is 990. The normalized spacial score (nSPS) is 17.3. The number of aromatic hydroxyl groups is 1. The van der Waals surface area contributed by atoms with Gasteiger partial charge in [0.1, 0.15) is 5.65 Å². The summed E-state index contributed by atoms with van der Waals surface area (Å²) < 4.78 is 8.26. The van der Waals surface area contributed by atoms with Crippen LogP contribution in [0, 0.1) is 5.92 Å². The van der Waals surface area contributed by atoms with E-state index in [1.807, 2.05) is 19.9 Å². The minimum Gasteiger partial charge on any atom is -0.494 e. The van der Waals surface area contributed by atoms with Gasteiger partial charge in [-0.05, 0) is 31.6 Å². The third-order valence-electron chi connectivity index (χ3n) is 5.09. The minimum atomic E-state index is -0.595. The summed E-state index contributed by atoms with van der Waals surface area (Å²) in [7, 11) is 0. The predicted molar refractivity (Wildman–Crippen MR) is 104 cm³/mol. The molecule has 150 valence electrons. The van der Waals surface area contributed by atoms with Crippen LogP contribution in [0.1, 0.15) is 55.5 Å². The van der Waals surface area contributed by atoms with Crippen molar-refractivity contribution < 1.29 is 14.6 Å². The predicted octanol–water partition coefficient (Wildman–Crippen LogP) is 1.94. The smallest absolute Gasteiger partial charge is 0.291 e. The number of hydrogen-bond acceptors (Lipinski definition) is 5. The monoisotopic (exact) mass is 386 g/mol. The number of amides is 1. The molecule has 0 atom stereocenters. The molecule has 2 aromatic rings. The first-order chi connectivity index (χ1) is 13.5. The van der Waals surface area contributed by atoms with E-state index in [0.29, 0.717) is 25.4 Å². The molecule has 0 bridgehead atoms. The van der Waals surface area contributed by atoms with E-state index in [1.165, 1.54) is 10.1 Å². The van der Waals surface area contributed by atoms with Crippen LogP contribution in [-0.2, 0) is 11.3 Å². The second-order valence-corrected chi connectivity index (χ2v) is 8.01. The van der Waals surface area contributed by atoms with Gasteiger partial charge in [0.25, 0.3) is 11.5 Å². The molecule has 1 aliphatic heterocycles. The molecule has 0 radical (unpaired) electrons. The maximum absolute atomic E-state index is 13.0. The Labute approximate surface area is 162 Å². The summed E-state index contributed by atoms with van der Waals surface area (Å²) in [5.41, 5.74) is 1.66. The quantitative estimate of drug-likeness (QED) is 0.818. The Balaban J connectivity index is 1.87. The number of ether oxygens (including phenoxy) is 1. The third-order valence-corrected chi connectivity index (χ3v) is 5.09. The molecule has 4 rings (SSSR count). The lowest BCUT2D eigenvalue weighted by Crippen LogP contribution is -2.34. The van der Waals surface area contributed by atoms with Crippen LogP contribution in [-0.4, -0.2) is 44.5 Å². The van der Waals surface area contributed by atoms with Gasteiger partial charge in [-0.3, -0.25) is 14.2 Å². The molecule has 8 heteroatoms. The van der Waals surface area contributed by atoms with Crippen molar-refractivity contribution in [3.05, 3.63) is 33.3 Å². The first-order valence-corrected chi connectivity index (χ1v) is 9.87. The van der Waals surface area contributed by atoms with Gasteiger partial charge in [-0.15, -0.1) is 0 Å². The zero-order valence-electron chi connectivity index (χ0n) is 16.3. The van der Waals surface area contributed by atoms with Crippen molar-refractivity contribution in [2.24, 2.45) is 5.92 Å². The van der Waals surface area contributed by atoms with Crippen molar-refractivity contribution in [1.82, 2.24) is 19.5 Å². The summed E-state index contributed by atoms with van der Waals surface area (Å²) >= 11 is 0. The second-order valence-electron chi connectivity index (χ2n) is 8.01. The Morgan fingerprint density at radius 1 is 1.39 bits per heavy atom. The topological polar surface area (TPSA) is 97.9 Å². The molecule has 0 aromatic carbocycles. The van der Waals surface area contributed by atoms with Gasteiger partial charge in [-0.2, -0.15) is 9.61 Å². The molecule has 2 aromatic heterocycles. The van der Waals surface area contributed by atoms with E-state index in [4.69, 9.17) is 4.74 Å². The second kappa shape index (κ2) is 7.43. The van der Waals surface area contributed by atoms with Gasteiger partial charge >= 0.3 is 0 Å². The summed E-state index contributed by atoms with van der Waals surface area (Å²) in [5, 5.41) is 17.9. The van der Waals surface area contributed by atoms with E-state index in [-0.39, 0.29) is 23.4 Å². The molecule has 3 heterocycles. The van der Waals surface area contributed by atoms with E-state index in [1.54, 1.807) is 10.8 Å². The fourth-order valence-electron chi connectivity index (χ4n) is 3.53. The number of hydrogen-bond donors (Lipinski definition) is 2. The number of aromatic nitrogens is 3. The van der Waals surface area contributed by atoms with E-state index in [9.17, 15) is 14.7 Å². The molecule has 0 unspecified atom stereocenters. The number of nitrogens with one attached hydrogen (secondary N) is 1. The summed E-state index contributed by atoms with van der Waals surface area (Å²) in [6.07, 6.45) is 7.11. The molecule has 2 fully saturated rings. The number of rotatable bonds is 5. The number of carbonyl (C=O) groups is 1. The van der Waals surface area contributed by atoms with Gasteiger partial charge in [0.15, 0.2) is 5.56 Å². The van der Waals surface area contributed by atoms with Gasteiger partial charge in [-0.25, -0.2) is 0 Å². The van der Waals surface area contributed by atoms with Gasteiger partial charge in [0.05, 0.1) is 19.4 Å². The van der Waals surface area contributed by atoms with Crippen molar-refractivity contribution in [1.29, 1.82) is 0 Å². The highest BCUT2D eigenvalue weighted by Crippen LogP contribution is 2.26. The minimum absolute atomic E-state index is 0.0898. The van der Waals surface area contributed by atoms with Crippen LogP contribution in [0.3, 0.4) is 0 Å². The van der Waals surface area contributed by atoms with Crippen molar-refractivity contribution in [2.45, 2.75) is 52.1 Å². The highest BCUT2D eigenvalue weighted by Gasteiger charge is 2.29. The molecule has 2 N–H and O–H groups in total. The molecule has 28 heavy (non-hydrogen) atoms. The summed E-state index contributed by atoms with van der Waals surface area (Å²) in [4.78, 5) is 25.6. The van der Waals surface area contributed by atoms with Crippen molar-refractivity contribution in [3.63, 3.8) is 0 Å². The van der Waals surface area contributed by atoms with Crippen LogP contribution >= 0.6 is 0 Å². The lowest BCUT2D eigenvalue weighted by atomic mass is 10.1. The molecule has 1 saturated carbocycles. The maximum atomic E-state index is 13.0. The zero-order valence-corrected chi connectivity index (χ0v) is 16.3. The molecule has 8 nitrogen and oxygen atoms in total. The van der Waals surface area contributed by atoms with E-state index in [2.05, 4.69) is 10.4 Å². The fourth-order valence-corrected chi connectivity index (χ4v) is 3.53. The van der Waals surface area contributed by atoms with Gasteiger partial charge in [0, 0.05) is 18.2 Å². The van der Waals surface area contributed by atoms with Crippen LogP contribution < -0.4 is 10.9 Å². The molecule has 0 spiro atoms. The number of carbonyl (C=O) groups excluding carboxylic acids is 1. The Kier molecular flexibility index (Phi) is 4.97. The lowest BCUT2D eigenvalue weighted by molar-refractivity contribution is 0.0944. The first-order valence-electron chi connectivity index (χ1n) is 9.87.